The number of hydrogen-bond donors (Lipinski definition) is 2. The lowest BCUT2D eigenvalue weighted by atomic mass is 9.84. The number of carbonyl (C=O) groups excluding carboxylic acids is 3. The fourth-order valence-electron chi connectivity index (χ4n) is 3.03. The first kappa shape index (κ1) is 16.6. The number of cyclic esters (lactones) is 2. The molecule has 22 heavy (non-hydrogen) atoms. The van der Waals surface area contributed by atoms with E-state index in [9.17, 15) is 24.6 Å². The van der Waals surface area contributed by atoms with Crippen LogP contribution in [0.1, 0.15) is 39.5 Å². The molecule has 1 heterocycles. The Kier molecular flexibility index (Phi) is 4.93. The summed E-state index contributed by atoms with van der Waals surface area (Å²) in [4.78, 5) is 36.1. The molecule has 0 bridgehead atoms. The van der Waals surface area contributed by atoms with E-state index in [1.54, 1.807) is 13.0 Å². The van der Waals surface area contributed by atoms with E-state index in [0.717, 1.165) is 0 Å². The van der Waals surface area contributed by atoms with Gasteiger partial charge in [-0.05, 0) is 18.9 Å². The molecular formula is C16H20O6. The van der Waals surface area contributed by atoms with Crippen LogP contribution in [0.3, 0.4) is 0 Å². The summed E-state index contributed by atoms with van der Waals surface area (Å²) in [7, 11) is 0. The highest BCUT2D eigenvalue weighted by Gasteiger charge is 2.43. The van der Waals surface area contributed by atoms with Gasteiger partial charge in [0, 0.05) is 18.8 Å². The van der Waals surface area contributed by atoms with Crippen molar-refractivity contribution in [2.45, 2.75) is 51.7 Å². The predicted octanol–water partition coefficient (Wildman–Crippen LogP) is 0.814. The van der Waals surface area contributed by atoms with Crippen LogP contribution in [-0.4, -0.2) is 40.1 Å². The van der Waals surface area contributed by atoms with Gasteiger partial charge in [-0.15, -0.1) is 0 Å². The lowest BCUT2D eigenvalue weighted by molar-refractivity contribution is -0.151. The third kappa shape index (κ3) is 2.89. The summed E-state index contributed by atoms with van der Waals surface area (Å²) in [6.07, 6.45) is -0.0470. The Morgan fingerprint density at radius 3 is 2.50 bits per heavy atom. The van der Waals surface area contributed by atoms with Gasteiger partial charge in [0.15, 0.2) is 5.78 Å². The van der Waals surface area contributed by atoms with Crippen molar-refractivity contribution in [3.63, 3.8) is 0 Å². The Morgan fingerprint density at radius 1 is 1.23 bits per heavy atom. The van der Waals surface area contributed by atoms with Crippen molar-refractivity contribution in [3.8, 4) is 0 Å². The molecule has 2 N–H and O–H groups in total. The molecule has 6 nitrogen and oxygen atoms in total. The van der Waals surface area contributed by atoms with Gasteiger partial charge < -0.3 is 14.9 Å². The topological polar surface area (TPSA) is 101 Å². The summed E-state index contributed by atoms with van der Waals surface area (Å²) < 4.78 is 4.67. The average Bonchev–Trinajstić information content (AvgIpc) is 2.75. The summed E-state index contributed by atoms with van der Waals surface area (Å²) in [6.45, 7) is 3.54. The van der Waals surface area contributed by atoms with E-state index >= 15 is 0 Å². The molecule has 2 rings (SSSR count). The number of carbonyl (C=O) groups is 3. The molecule has 3 atom stereocenters. The third-order valence-corrected chi connectivity index (χ3v) is 4.23. The van der Waals surface area contributed by atoms with E-state index < -0.39 is 35.8 Å². The Balaban J connectivity index is 2.58. The van der Waals surface area contributed by atoms with Gasteiger partial charge in [-0.25, -0.2) is 9.59 Å². The second-order valence-electron chi connectivity index (χ2n) is 5.64. The third-order valence-electron chi connectivity index (χ3n) is 4.23. The SMILES string of the molecule is CC=C1CC2=C(C(=O)OC2=O)C(CCC)C(O)C(=O)CC1O. The molecule has 3 unspecified atom stereocenters. The molecule has 0 fully saturated rings. The zero-order chi connectivity index (χ0) is 16.4. The predicted molar refractivity (Wildman–Crippen MR) is 76.5 cm³/mol. The monoisotopic (exact) mass is 308 g/mol. The van der Waals surface area contributed by atoms with Crippen LogP contribution in [0, 0.1) is 5.92 Å². The van der Waals surface area contributed by atoms with Gasteiger partial charge in [0.2, 0.25) is 0 Å². The molecule has 0 amide bonds. The normalized spacial score (nSPS) is 31.7. The van der Waals surface area contributed by atoms with Crippen molar-refractivity contribution in [1.82, 2.24) is 0 Å². The molecule has 1 aliphatic heterocycles. The molecule has 1 aliphatic carbocycles. The molecule has 0 radical (unpaired) electrons. The summed E-state index contributed by atoms with van der Waals surface area (Å²) in [5.41, 5.74) is 0.697. The summed E-state index contributed by atoms with van der Waals surface area (Å²) in [5.74, 6) is -2.85. The first-order chi connectivity index (χ1) is 10.4. The van der Waals surface area contributed by atoms with E-state index in [1.165, 1.54) is 0 Å². The largest absolute Gasteiger partial charge is 0.388 e. The minimum atomic E-state index is -1.42. The van der Waals surface area contributed by atoms with Crippen molar-refractivity contribution in [1.29, 1.82) is 0 Å². The quantitative estimate of drug-likeness (QED) is 0.445. The van der Waals surface area contributed by atoms with Crippen LogP contribution in [0.4, 0.5) is 0 Å². The Labute approximate surface area is 128 Å². The molecular weight excluding hydrogens is 288 g/mol. The van der Waals surface area contributed by atoms with Gasteiger partial charge in [-0.3, -0.25) is 4.79 Å². The van der Waals surface area contributed by atoms with E-state index in [-0.39, 0.29) is 24.0 Å². The molecule has 0 aromatic rings. The number of aliphatic hydroxyl groups is 2. The number of ketones is 1. The number of rotatable bonds is 2. The molecule has 0 aromatic heterocycles. The second-order valence-corrected chi connectivity index (χ2v) is 5.64. The van der Waals surface area contributed by atoms with Gasteiger partial charge >= 0.3 is 11.9 Å². The highest BCUT2D eigenvalue weighted by molar-refractivity contribution is 6.13. The van der Waals surface area contributed by atoms with Gasteiger partial charge in [0.05, 0.1) is 17.3 Å². The van der Waals surface area contributed by atoms with Crippen molar-refractivity contribution in [2.24, 2.45) is 5.92 Å². The van der Waals surface area contributed by atoms with Gasteiger partial charge in [-0.1, -0.05) is 19.4 Å². The zero-order valence-corrected chi connectivity index (χ0v) is 12.7. The molecule has 0 saturated carbocycles. The van der Waals surface area contributed by atoms with Crippen LogP contribution >= 0.6 is 0 Å². The maximum atomic E-state index is 12.2. The van der Waals surface area contributed by atoms with Crippen molar-refractivity contribution >= 4 is 17.7 Å². The second kappa shape index (κ2) is 6.54. The smallest absolute Gasteiger partial charge is 0.342 e. The maximum absolute atomic E-state index is 12.2. The summed E-state index contributed by atoms with van der Waals surface area (Å²) in [6, 6.07) is 0. The standard InChI is InChI=1S/C16H20O6/c1-3-5-9-13-10(15(20)22-16(13)21)6-8(4-2)11(17)7-12(18)14(9)19/h4,9,11,14,17,19H,3,5-7H2,1-2H3. The zero-order valence-electron chi connectivity index (χ0n) is 12.7. The van der Waals surface area contributed by atoms with E-state index in [1.807, 2.05) is 6.92 Å². The summed E-state index contributed by atoms with van der Waals surface area (Å²) in [5, 5.41) is 20.4. The summed E-state index contributed by atoms with van der Waals surface area (Å²) >= 11 is 0. The van der Waals surface area contributed by atoms with Crippen LogP contribution in [0.15, 0.2) is 22.8 Å². The molecule has 0 saturated heterocycles. The number of ether oxygens (including phenoxy) is 1. The highest BCUT2D eigenvalue weighted by atomic mass is 16.6. The molecule has 6 heteroatoms. The van der Waals surface area contributed by atoms with Crippen LogP contribution in [0.5, 0.6) is 0 Å². The van der Waals surface area contributed by atoms with Crippen molar-refractivity contribution in [2.75, 3.05) is 0 Å². The number of aliphatic hydroxyl groups excluding tert-OH is 2. The minimum absolute atomic E-state index is 0.0534. The lowest BCUT2D eigenvalue weighted by Gasteiger charge is -2.21. The van der Waals surface area contributed by atoms with Gasteiger partial charge in [0.1, 0.15) is 6.10 Å². The fourth-order valence-corrected chi connectivity index (χ4v) is 3.03. The Bertz CT molecular complexity index is 571. The molecule has 0 aromatic carbocycles. The Morgan fingerprint density at radius 2 is 1.91 bits per heavy atom. The van der Waals surface area contributed by atoms with E-state index in [0.29, 0.717) is 18.4 Å². The first-order valence-corrected chi connectivity index (χ1v) is 7.44. The van der Waals surface area contributed by atoms with Gasteiger partial charge in [-0.2, -0.15) is 0 Å². The van der Waals surface area contributed by atoms with Crippen LogP contribution in [0.25, 0.3) is 0 Å². The number of Topliss-reactive ketones (excluding diaryl/α,β-unsaturated/α-hetero) is 1. The minimum Gasteiger partial charge on any atom is -0.388 e. The maximum Gasteiger partial charge on any atom is 0.342 e. The molecule has 0 spiro atoms. The molecule has 120 valence electrons. The highest BCUT2D eigenvalue weighted by Crippen LogP contribution is 2.36. The van der Waals surface area contributed by atoms with Crippen LogP contribution in [0.2, 0.25) is 0 Å². The average molecular weight is 308 g/mol. The van der Waals surface area contributed by atoms with E-state index in [4.69, 9.17) is 0 Å². The van der Waals surface area contributed by atoms with Crippen molar-refractivity contribution in [3.05, 3.63) is 22.8 Å². The van der Waals surface area contributed by atoms with Crippen LogP contribution < -0.4 is 0 Å². The Hall–Kier alpha value is -1.79. The number of esters is 2. The van der Waals surface area contributed by atoms with E-state index in [2.05, 4.69) is 4.74 Å². The number of hydrogen-bond acceptors (Lipinski definition) is 6. The fraction of sp³-hybridized carbons (Fsp3) is 0.562. The van der Waals surface area contributed by atoms with Crippen LogP contribution in [-0.2, 0) is 19.1 Å². The first-order valence-electron chi connectivity index (χ1n) is 7.44. The van der Waals surface area contributed by atoms with Gasteiger partial charge in [0.25, 0.3) is 0 Å². The number of allylic oxidation sites excluding steroid dienone is 1. The van der Waals surface area contributed by atoms with Crippen molar-refractivity contribution < 1.29 is 29.3 Å². The lowest BCUT2D eigenvalue weighted by Crippen LogP contribution is -2.34. The molecule has 2 aliphatic rings.